The lowest BCUT2D eigenvalue weighted by Crippen LogP contribution is -2.28. The van der Waals surface area contributed by atoms with Crippen molar-refractivity contribution in [2.24, 2.45) is 0 Å². The van der Waals surface area contributed by atoms with Crippen molar-refractivity contribution in [2.45, 2.75) is 25.9 Å². The number of nitro groups is 1. The van der Waals surface area contributed by atoms with Crippen molar-refractivity contribution in [1.29, 1.82) is 0 Å². The smallest absolute Gasteiger partial charge is 0.282 e. The van der Waals surface area contributed by atoms with Gasteiger partial charge in [0.05, 0.1) is 11.0 Å². The van der Waals surface area contributed by atoms with Crippen molar-refractivity contribution in [3.63, 3.8) is 0 Å². The van der Waals surface area contributed by atoms with Crippen LogP contribution in [0.15, 0.2) is 18.2 Å². The van der Waals surface area contributed by atoms with Crippen LogP contribution in [0.25, 0.3) is 0 Å². The molecule has 1 aliphatic rings. The van der Waals surface area contributed by atoms with Crippen LogP contribution in [-0.2, 0) is 4.74 Å². The van der Waals surface area contributed by atoms with Gasteiger partial charge in [0, 0.05) is 38.5 Å². The van der Waals surface area contributed by atoms with Crippen molar-refractivity contribution < 1.29 is 14.5 Å². The third kappa shape index (κ3) is 3.73. The van der Waals surface area contributed by atoms with Crippen LogP contribution in [0.3, 0.4) is 0 Å². The monoisotopic (exact) mass is 307 g/mol. The first kappa shape index (κ1) is 16.2. The highest BCUT2D eigenvalue weighted by Gasteiger charge is 2.26. The number of ether oxygens (including phenoxy) is 1. The van der Waals surface area contributed by atoms with Crippen LogP contribution in [0.1, 0.15) is 30.1 Å². The lowest BCUT2D eigenvalue weighted by atomic mass is 10.1. The number of nitrogens with zero attached hydrogens (tertiary/aromatic N) is 2. The number of hydrogen-bond acceptors (Lipinski definition) is 5. The molecule has 2 rings (SSSR count). The molecule has 1 N–H and O–H groups in total. The van der Waals surface area contributed by atoms with Gasteiger partial charge in [-0.15, -0.1) is 0 Å². The van der Waals surface area contributed by atoms with E-state index >= 15 is 0 Å². The summed E-state index contributed by atoms with van der Waals surface area (Å²) in [4.78, 5) is 24.8. The van der Waals surface area contributed by atoms with E-state index in [1.807, 2.05) is 6.92 Å². The van der Waals surface area contributed by atoms with E-state index in [1.165, 1.54) is 6.07 Å². The second-order valence-electron chi connectivity index (χ2n) is 5.42. The molecule has 7 heteroatoms. The van der Waals surface area contributed by atoms with E-state index in [0.717, 1.165) is 12.8 Å². The third-order valence-corrected chi connectivity index (χ3v) is 3.81. The van der Waals surface area contributed by atoms with Crippen LogP contribution >= 0.6 is 0 Å². The summed E-state index contributed by atoms with van der Waals surface area (Å²) >= 11 is 0. The molecule has 0 radical (unpaired) electrons. The van der Waals surface area contributed by atoms with E-state index in [-0.39, 0.29) is 23.3 Å². The third-order valence-electron chi connectivity index (χ3n) is 3.81. The highest BCUT2D eigenvalue weighted by Crippen LogP contribution is 2.25. The quantitative estimate of drug-likeness (QED) is 0.644. The van der Waals surface area contributed by atoms with Gasteiger partial charge in [0.1, 0.15) is 5.56 Å². The van der Waals surface area contributed by atoms with Crippen molar-refractivity contribution in [2.75, 3.05) is 32.1 Å². The maximum Gasteiger partial charge on any atom is 0.282 e. The molecule has 1 aliphatic heterocycles. The zero-order valence-corrected chi connectivity index (χ0v) is 12.9. The van der Waals surface area contributed by atoms with Gasteiger partial charge in [0.15, 0.2) is 0 Å². The minimum Gasteiger partial charge on any atom is -0.382 e. The second-order valence-corrected chi connectivity index (χ2v) is 5.42. The molecule has 0 bridgehead atoms. The van der Waals surface area contributed by atoms with Gasteiger partial charge in [-0.2, -0.15) is 0 Å². The van der Waals surface area contributed by atoms with Crippen molar-refractivity contribution >= 4 is 17.3 Å². The molecular weight excluding hydrogens is 286 g/mol. The Balaban J connectivity index is 2.23. The summed E-state index contributed by atoms with van der Waals surface area (Å²) in [6, 6.07) is 4.55. The predicted molar refractivity (Wildman–Crippen MR) is 83.2 cm³/mol. The zero-order chi connectivity index (χ0) is 16.1. The second kappa shape index (κ2) is 7.22. The maximum absolute atomic E-state index is 12.5. The predicted octanol–water partition coefficient (Wildman–Crippen LogP) is 2.28. The highest BCUT2D eigenvalue weighted by molar-refractivity contribution is 5.99. The van der Waals surface area contributed by atoms with Crippen molar-refractivity contribution in [3.8, 4) is 0 Å². The van der Waals surface area contributed by atoms with Crippen LogP contribution in [0, 0.1) is 10.1 Å². The number of methoxy groups -OCH3 is 1. The van der Waals surface area contributed by atoms with E-state index in [2.05, 4.69) is 5.32 Å². The number of anilines is 1. The van der Waals surface area contributed by atoms with Crippen LogP contribution in [0.2, 0.25) is 0 Å². The van der Waals surface area contributed by atoms with Gasteiger partial charge in [0.2, 0.25) is 0 Å². The number of amides is 1. The average Bonchev–Trinajstić information content (AvgIpc) is 3.05. The number of benzene rings is 1. The molecule has 1 heterocycles. The van der Waals surface area contributed by atoms with Gasteiger partial charge in [0.25, 0.3) is 11.6 Å². The van der Waals surface area contributed by atoms with Crippen molar-refractivity contribution in [1.82, 2.24) is 4.90 Å². The first-order chi connectivity index (χ1) is 10.5. The van der Waals surface area contributed by atoms with Gasteiger partial charge in [-0.1, -0.05) is 0 Å². The standard InChI is InChI=1S/C15H21N3O4/c1-11(22-2)10-16-12-5-6-14(18(20)21)13(9-12)15(19)17-7-3-4-8-17/h5-6,9,11,16H,3-4,7-8,10H2,1-2H3. The van der Waals surface area contributed by atoms with Gasteiger partial charge >= 0.3 is 0 Å². The minimum atomic E-state index is -0.509. The molecule has 1 amide bonds. The van der Waals surface area contributed by atoms with Crippen LogP contribution in [-0.4, -0.2) is 48.6 Å². The fourth-order valence-corrected chi connectivity index (χ4v) is 2.41. The number of carbonyl (C=O) groups excluding carboxylic acids is 1. The molecular formula is C15H21N3O4. The number of likely N-dealkylation sites (tertiary alicyclic amines) is 1. The van der Waals surface area contributed by atoms with Crippen LogP contribution in [0.4, 0.5) is 11.4 Å². The molecule has 22 heavy (non-hydrogen) atoms. The first-order valence-electron chi connectivity index (χ1n) is 7.37. The van der Waals surface area contributed by atoms with E-state index in [1.54, 1.807) is 24.1 Å². The molecule has 1 saturated heterocycles. The summed E-state index contributed by atoms with van der Waals surface area (Å²) in [5.74, 6) is -0.271. The Kier molecular flexibility index (Phi) is 5.32. The van der Waals surface area contributed by atoms with E-state index in [9.17, 15) is 14.9 Å². The lowest BCUT2D eigenvalue weighted by Gasteiger charge is -2.17. The molecule has 0 spiro atoms. The largest absolute Gasteiger partial charge is 0.382 e. The lowest BCUT2D eigenvalue weighted by molar-refractivity contribution is -0.385. The number of hydrogen-bond donors (Lipinski definition) is 1. The Hall–Kier alpha value is -2.15. The molecule has 7 nitrogen and oxygen atoms in total. The van der Waals surface area contributed by atoms with Crippen molar-refractivity contribution in [3.05, 3.63) is 33.9 Å². The molecule has 1 atom stereocenters. The number of rotatable bonds is 6. The van der Waals surface area contributed by atoms with Gasteiger partial charge in [-0.05, 0) is 31.9 Å². The van der Waals surface area contributed by atoms with E-state index in [4.69, 9.17) is 4.74 Å². The Bertz CT molecular complexity index is 556. The number of carbonyl (C=O) groups is 1. The summed E-state index contributed by atoms with van der Waals surface area (Å²) in [6.07, 6.45) is 1.90. The van der Waals surface area contributed by atoms with Crippen LogP contribution in [0.5, 0.6) is 0 Å². The van der Waals surface area contributed by atoms with Crippen LogP contribution < -0.4 is 5.32 Å². The summed E-state index contributed by atoms with van der Waals surface area (Å²) in [6.45, 7) is 3.79. The Labute approximate surface area is 129 Å². The van der Waals surface area contributed by atoms with Gasteiger partial charge < -0.3 is 15.0 Å². The molecule has 0 aromatic heterocycles. The molecule has 0 saturated carbocycles. The summed E-state index contributed by atoms with van der Waals surface area (Å²) in [5.41, 5.74) is 0.668. The molecule has 120 valence electrons. The highest BCUT2D eigenvalue weighted by atomic mass is 16.6. The molecule has 1 aromatic rings. The topological polar surface area (TPSA) is 84.7 Å². The minimum absolute atomic E-state index is 0.00734. The number of nitro benzene ring substituents is 1. The van der Waals surface area contributed by atoms with Gasteiger partial charge in [-0.25, -0.2) is 0 Å². The summed E-state index contributed by atoms with van der Waals surface area (Å²) in [5, 5.41) is 14.3. The number of nitrogens with one attached hydrogen (secondary N) is 1. The summed E-state index contributed by atoms with van der Waals surface area (Å²) in [7, 11) is 1.62. The fourth-order valence-electron chi connectivity index (χ4n) is 2.41. The molecule has 1 aromatic carbocycles. The Morgan fingerprint density at radius 2 is 2.14 bits per heavy atom. The zero-order valence-electron chi connectivity index (χ0n) is 12.9. The molecule has 1 fully saturated rings. The van der Waals surface area contributed by atoms with E-state index < -0.39 is 4.92 Å². The van der Waals surface area contributed by atoms with E-state index in [0.29, 0.717) is 25.3 Å². The average molecular weight is 307 g/mol. The molecule has 1 unspecified atom stereocenters. The fraction of sp³-hybridized carbons (Fsp3) is 0.533. The van der Waals surface area contributed by atoms with Gasteiger partial charge in [-0.3, -0.25) is 14.9 Å². The first-order valence-corrected chi connectivity index (χ1v) is 7.37. The molecule has 0 aliphatic carbocycles. The SMILES string of the molecule is COC(C)CNc1ccc([N+](=O)[O-])c(C(=O)N2CCCC2)c1. The Morgan fingerprint density at radius 1 is 1.45 bits per heavy atom. The normalized spacial score (nSPS) is 15.6. The summed E-state index contributed by atoms with van der Waals surface area (Å²) < 4.78 is 5.15. The Morgan fingerprint density at radius 3 is 2.73 bits per heavy atom. The maximum atomic E-state index is 12.5.